The number of ether oxygens (including phenoxy) is 1. The number of rotatable bonds is 3. The van der Waals surface area contributed by atoms with Crippen molar-refractivity contribution in [3.05, 3.63) is 24.0 Å². The van der Waals surface area contributed by atoms with Crippen LogP contribution in [-0.2, 0) is 4.74 Å². The van der Waals surface area contributed by atoms with Gasteiger partial charge in [-0.3, -0.25) is 0 Å². The van der Waals surface area contributed by atoms with Gasteiger partial charge in [0, 0.05) is 37.1 Å². The molecular formula is C16H27N3O2. The molecule has 2 heterocycles. The van der Waals surface area contributed by atoms with Gasteiger partial charge in [0.2, 0.25) is 0 Å². The van der Waals surface area contributed by atoms with Crippen LogP contribution in [0.4, 0.5) is 4.79 Å². The van der Waals surface area contributed by atoms with E-state index in [1.807, 2.05) is 37.9 Å². The highest BCUT2D eigenvalue weighted by Gasteiger charge is 2.28. The van der Waals surface area contributed by atoms with Crippen molar-refractivity contribution < 1.29 is 9.53 Å². The summed E-state index contributed by atoms with van der Waals surface area (Å²) in [5.74, 6) is 0. The number of hydrogen-bond donors (Lipinski definition) is 2. The average molecular weight is 293 g/mol. The Labute approximate surface area is 127 Å². The van der Waals surface area contributed by atoms with Crippen LogP contribution in [0, 0.1) is 0 Å². The zero-order chi connectivity index (χ0) is 15.5. The van der Waals surface area contributed by atoms with E-state index in [1.54, 1.807) is 0 Å². The van der Waals surface area contributed by atoms with Crippen molar-refractivity contribution in [2.45, 2.75) is 58.2 Å². The van der Waals surface area contributed by atoms with Crippen molar-refractivity contribution in [3.63, 3.8) is 0 Å². The minimum absolute atomic E-state index is 0.207. The highest BCUT2D eigenvalue weighted by molar-refractivity contribution is 5.68. The third-order valence-corrected chi connectivity index (χ3v) is 3.65. The summed E-state index contributed by atoms with van der Waals surface area (Å²) in [6.45, 7) is 9.33. The van der Waals surface area contributed by atoms with Gasteiger partial charge in [-0.05, 0) is 52.7 Å². The Hall–Kier alpha value is -1.49. The van der Waals surface area contributed by atoms with Crippen molar-refractivity contribution in [1.29, 1.82) is 0 Å². The van der Waals surface area contributed by atoms with Crippen LogP contribution in [0.2, 0.25) is 0 Å². The maximum atomic E-state index is 12.1. The molecule has 0 saturated carbocycles. The molecule has 21 heavy (non-hydrogen) atoms. The van der Waals surface area contributed by atoms with Crippen LogP contribution < -0.4 is 5.32 Å². The molecular weight excluding hydrogens is 266 g/mol. The molecule has 1 aromatic rings. The zero-order valence-corrected chi connectivity index (χ0v) is 13.5. The van der Waals surface area contributed by atoms with Crippen molar-refractivity contribution >= 4 is 6.09 Å². The maximum absolute atomic E-state index is 12.1. The van der Waals surface area contributed by atoms with E-state index in [9.17, 15) is 4.79 Å². The normalized spacial score (nSPS) is 21.1. The lowest BCUT2D eigenvalue weighted by Gasteiger charge is -2.35. The second kappa shape index (κ2) is 6.52. The average Bonchev–Trinajstić information content (AvgIpc) is 2.91. The summed E-state index contributed by atoms with van der Waals surface area (Å²) in [5, 5.41) is 3.59. The van der Waals surface area contributed by atoms with Crippen LogP contribution in [0.5, 0.6) is 0 Å². The molecule has 0 aromatic carbocycles. The Balaban J connectivity index is 1.87. The summed E-state index contributed by atoms with van der Waals surface area (Å²) in [6, 6.07) is 4.64. The molecule has 1 saturated heterocycles. The summed E-state index contributed by atoms with van der Waals surface area (Å²) >= 11 is 0. The first kappa shape index (κ1) is 15.9. The van der Waals surface area contributed by atoms with Gasteiger partial charge in [-0.2, -0.15) is 0 Å². The van der Waals surface area contributed by atoms with Crippen molar-refractivity contribution in [2.75, 3.05) is 13.1 Å². The van der Waals surface area contributed by atoms with Gasteiger partial charge in [0.1, 0.15) is 5.60 Å². The quantitative estimate of drug-likeness (QED) is 0.900. The second-order valence-corrected chi connectivity index (χ2v) is 6.78. The largest absolute Gasteiger partial charge is 0.444 e. The lowest BCUT2D eigenvalue weighted by molar-refractivity contribution is 0.0184. The number of nitrogens with zero attached hydrogens (tertiary/aromatic N) is 1. The first-order chi connectivity index (χ1) is 9.85. The Bertz CT molecular complexity index is 451. The molecule has 0 spiro atoms. The third-order valence-electron chi connectivity index (χ3n) is 3.65. The van der Waals surface area contributed by atoms with Gasteiger partial charge in [-0.25, -0.2) is 4.79 Å². The Morgan fingerprint density at radius 2 is 2.29 bits per heavy atom. The number of aromatic amines is 1. The summed E-state index contributed by atoms with van der Waals surface area (Å²) in [4.78, 5) is 17.2. The van der Waals surface area contributed by atoms with Crippen LogP contribution in [-0.4, -0.2) is 40.7 Å². The monoisotopic (exact) mass is 293 g/mol. The molecule has 1 aliphatic heterocycles. The van der Waals surface area contributed by atoms with E-state index in [1.165, 1.54) is 5.69 Å². The Kier molecular flexibility index (Phi) is 4.93. The molecule has 1 aliphatic rings. The van der Waals surface area contributed by atoms with Crippen molar-refractivity contribution in [3.8, 4) is 0 Å². The third kappa shape index (κ3) is 4.77. The zero-order valence-electron chi connectivity index (χ0n) is 13.5. The summed E-state index contributed by atoms with van der Waals surface area (Å²) in [6.07, 6.45) is 3.82. The van der Waals surface area contributed by atoms with Crippen LogP contribution in [0.15, 0.2) is 18.3 Å². The molecule has 2 atom stereocenters. The summed E-state index contributed by atoms with van der Waals surface area (Å²) in [7, 11) is 0. The highest BCUT2D eigenvalue weighted by Crippen LogP contribution is 2.18. The fraction of sp³-hybridized carbons (Fsp3) is 0.688. The molecule has 2 N–H and O–H groups in total. The van der Waals surface area contributed by atoms with E-state index in [0.29, 0.717) is 12.6 Å². The lowest BCUT2D eigenvalue weighted by Crippen LogP contribution is -2.49. The number of piperidine rings is 1. The molecule has 1 amide bonds. The molecule has 5 nitrogen and oxygen atoms in total. The maximum Gasteiger partial charge on any atom is 0.410 e. The van der Waals surface area contributed by atoms with Gasteiger partial charge < -0.3 is 19.9 Å². The van der Waals surface area contributed by atoms with Gasteiger partial charge in [0.15, 0.2) is 0 Å². The first-order valence-electron chi connectivity index (χ1n) is 7.72. The smallest absolute Gasteiger partial charge is 0.410 e. The molecule has 0 unspecified atom stereocenters. The van der Waals surface area contributed by atoms with Crippen molar-refractivity contribution in [2.24, 2.45) is 0 Å². The summed E-state index contributed by atoms with van der Waals surface area (Å²) < 4.78 is 5.46. The van der Waals surface area contributed by atoms with Gasteiger partial charge in [0.25, 0.3) is 0 Å². The van der Waals surface area contributed by atoms with E-state index < -0.39 is 5.60 Å². The fourth-order valence-corrected chi connectivity index (χ4v) is 2.66. The number of likely N-dealkylation sites (tertiary alicyclic amines) is 1. The van der Waals surface area contributed by atoms with E-state index in [4.69, 9.17) is 4.74 Å². The molecule has 1 fully saturated rings. The summed E-state index contributed by atoms with van der Waals surface area (Å²) in [5.41, 5.74) is 0.735. The van der Waals surface area contributed by atoms with Crippen LogP contribution in [0.3, 0.4) is 0 Å². The second-order valence-electron chi connectivity index (χ2n) is 6.78. The van der Waals surface area contributed by atoms with Crippen LogP contribution >= 0.6 is 0 Å². The van der Waals surface area contributed by atoms with Crippen molar-refractivity contribution in [1.82, 2.24) is 15.2 Å². The number of nitrogens with one attached hydrogen (secondary N) is 2. The first-order valence-corrected chi connectivity index (χ1v) is 7.72. The minimum Gasteiger partial charge on any atom is -0.444 e. The lowest BCUT2D eigenvalue weighted by atomic mass is 10.0. The number of carbonyl (C=O) groups excluding carboxylic acids is 1. The fourth-order valence-electron chi connectivity index (χ4n) is 2.66. The number of hydrogen-bond acceptors (Lipinski definition) is 3. The van der Waals surface area contributed by atoms with E-state index in [-0.39, 0.29) is 12.1 Å². The SMILES string of the molecule is C[C@@H](N[C@@H]1CCCN(C(=O)OC(C)(C)C)C1)c1ccc[nH]1. The predicted molar refractivity (Wildman–Crippen MR) is 83.2 cm³/mol. The van der Waals surface area contributed by atoms with Crippen LogP contribution in [0.1, 0.15) is 52.3 Å². The Morgan fingerprint density at radius 1 is 1.52 bits per heavy atom. The predicted octanol–water partition coefficient (Wildman–Crippen LogP) is 3.06. The molecule has 0 radical (unpaired) electrons. The standard InChI is InChI=1S/C16H27N3O2/c1-12(14-8-5-9-17-14)18-13-7-6-10-19(11-13)15(20)21-16(2,3)4/h5,8-9,12-13,17-18H,6-7,10-11H2,1-4H3/t12-,13-/m1/s1. The molecule has 1 aromatic heterocycles. The van der Waals surface area contributed by atoms with Gasteiger partial charge >= 0.3 is 6.09 Å². The molecule has 0 bridgehead atoms. The number of H-pyrrole nitrogens is 1. The number of amides is 1. The van der Waals surface area contributed by atoms with Gasteiger partial charge in [0.05, 0.1) is 0 Å². The molecule has 0 aliphatic carbocycles. The molecule has 2 rings (SSSR count). The number of carbonyl (C=O) groups is 1. The van der Waals surface area contributed by atoms with Gasteiger partial charge in [-0.15, -0.1) is 0 Å². The van der Waals surface area contributed by atoms with Crippen LogP contribution in [0.25, 0.3) is 0 Å². The van der Waals surface area contributed by atoms with E-state index >= 15 is 0 Å². The molecule has 118 valence electrons. The van der Waals surface area contributed by atoms with E-state index in [0.717, 1.165) is 19.4 Å². The highest BCUT2D eigenvalue weighted by atomic mass is 16.6. The minimum atomic E-state index is -0.436. The molecule has 5 heteroatoms. The van der Waals surface area contributed by atoms with E-state index in [2.05, 4.69) is 23.3 Å². The van der Waals surface area contributed by atoms with Gasteiger partial charge in [-0.1, -0.05) is 0 Å². The Morgan fingerprint density at radius 3 is 2.90 bits per heavy atom. The topological polar surface area (TPSA) is 57.4 Å². The number of aromatic nitrogens is 1.